The summed E-state index contributed by atoms with van der Waals surface area (Å²) in [6, 6.07) is 17.3. The molecule has 1 radical (unpaired) electrons. The van der Waals surface area contributed by atoms with Crippen LogP contribution in [-0.2, 0) is 78.6 Å². The van der Waals surface area contributed by atoms with Gasteiger partial charge in [-0.15, -0.1) is 0 Å². The number of H-pyrrole nitrogens is 2. The maximum absolute atomic E-state index is 14.8. The summed E-state index contributed by atoms with van der Waals surface area (Å²) in [7, 11) is -9.10. The molecule has 14 rings (SSSR count). The highest BCUT2D eigenvalue weighted by molar-refractivity contribution is 7.50. The van der Waals surface area contributed by atoms with Gasteiger partial charge < -0.3 is 81.4 Å². The minimum absolute atomic E-state index is 0.0146. The zero-order valence-corrected chi connectivity index (χ0v) is 83.0. The van der Waals surface area contributed by atoms with Gasteiger partial charge in [0, 0.05) is 35.8 Å². The average Bonchev–Trinajstić information content (AvgIpc) is 1.60. The highest BCUT2D eigenvalue weighted by Crippen LogP contribution is 2.56. The van der Waals surface area contributed by atoms with Crippen LogP contribution in [0, 0.1) is 25.0 Å². The number of benzene rings is 2. The summed E-state index contributed by atoms with van der Waals surface area (Å²) in [5.41, 5.74) is 0.621. The molecule has 0 spiro atoms. The third-order valence-electron chi connectivity index (χ3n) is 23.6. The van der Waals surface area contributed by atoms with Crippen LogP contribution in [0.1, 0.15) is 154 Å². The molecule has 0 bridgehead atoms. The summed E-state index contributed by atoms with van der Waals surface area (Å²) in [4.78, 5) is 158. The standard InChI is InChI=1S/C42H54N11O13PSi.C42H54N11O12PSi.BH3P/c1-10-25-26(18-28(62-25)52-21-46-29-33(44-20-45-34(29)52)48-37(55)24-14-12-11-13-15-24)65-67(59,60-17-16-43-7)61-19-27-31(66-68(8,9)42(4,5)6)32(64-41(57)58)39(63-27)53-22-47-30-35(53)49-40(51-38(30)56)50-36(54)23(2)3;1-10-25-26(18-28(61-25)52-21-46-29-33(44-20-45-34(29)52)48-37(55)24-14-12-11-13-15-24)64-66(59-17-16-43-7)60-19-27-31(65-67(8,9)42(4,5)6)32(63-41(57)58)39(62-27)53-22-47-30-35(53)49-40(51-38(30)56)50-36(54)23(2)3;1-2/h11-15,20-23,25-28,31-32,39H,10,16-19H2,1-6,8-9H3,(H,57,58)(H,44,45,48,55)(H2,49,50,51,54,56);11-15,20-23,25-28,31-32,39H,10,16-19H2,1-6,8-9H3,(H,57,58)(H,44,45,48,55)(H2,49,50,51,54,56);1H,2H2/t25-,26+,27-,28-,31-,32-,39-,67?;25-,26+,27-,28-,31-,32-,39-,66?;/m11./s1/i;;1T. The maximum atomic E-state index is 14.8. The molecule has 0 saturated carbocycles. The number of aromatic nitrogens is 16. The van der Waals surface area contributed by atoms with Crippen LogP contribution in [-0.4, -0.2) is 250 Å². The molecule has 8 N–H and O–H groups in total. The molecule has 53 heteroatoms. The minimum Gasteiger partial charge on any atom is -0.450 e. The number of nitrogens with zero attached hydrogens (tertiary/aromatic N) is 16. The van der Waals surface area contributed by atoms with Crippen molar-refractivity contribution in [1.29, 1.82) is 1.34 Å². The average molecular weight is 1990 g/mol. The number of carbonyl (C=O) groups excluding carboxylic acids is 4. The van der Waals surface area contributed by atoms with Crippen molar-refractivity contribution in [3.05, 3.63) is 153 Å². The van der Waals surface area contributed by atoms with Gasteiger partial charge in [-0.2, -0.15) is 19.1 Å². The number of rotatable bonds is 36. The molecule has 0 aliphatic carbocycles. The van der Waals surface area contributed by atoms with Crippen LogP contribution in [0.15, 0.2) is 108 Å². The van der Waals surface area contributed by atoms with E-state index in [4.69, 9.17) is 78.9 Å². The van der Waals surface area contributed by atoms with E-state index in [1.54, 1.807) is 97.8 Å². The summed E-state index contributed by atoms with van der Waals surface area (Å²) in [6.07, 6.45) is -7.72. The SMILES string of the molecule is [3H][B]P.[C-]#[N+]CCOP(=O)(OC[C@H]1O[C@@H](n2cnc3c(=O)[nH]c(NC(=O)C(C)C)nc32)[C@H](OC(=O)O)[C@@H]1O[Si](C)(C)C(C)(C)C)O[C@H]1C[C@H](n2cnc3c(NC(=O)c4ccccc4)ncnc32)O[C@@H]1CC.[C-]#[N+]CCOP(OC[C@H]1O[C@@H](n2cnc3c(=O)[nH]c(NC(=O)C(C)C)nc32)[C@H](OC(=O)O)[C@@H]1O[Si](C)(C)C(C)(C)C)O[C@H]1C[C@H](n2cnc3c(NC(=O)c4ccccc4)ncnc32)O[C@@H]1CC. The molecule has 4 amide bonds. The highest BCUT2D eigenvalue weighted by Gasteiger charge is 2.57. The van der Waals surface area contributed by atoms with Gasteiger partial charge in [-0.3, -0.25) is 81.2 Å². The second kappa shape index (κ2) is 45.1. The van der Waals surface area contributed by atoms with Gasteiger partial charge in [-0.05, 0) is 74.7 Å². The number of amides is 4. The van der Waals surface area contributed by atoms with E-state index in [9.17, 15) is 53.1 Å². The summed E-state index contributed by atoms with van der Waals surface area (Å²) in [5.74, 6) is -2.37. The molecule has 137 heavy (non-hydrogen) atoms. The molecule has 3 unspecified atom stereocenters. The number of ether oxygens (including phenoxy) is 6. The molecular weight excluding hydrogens is 1880 g/mol. The number of hydrogen-bond acceptors (Lipinski definition) is 33. The maximum Gasteiger partial charge on any atom is 0.506 e. The zero-order valence-electron chi connectivity index (χ0n) is 79.0. The molecule has 10 aromatic rings. The highest BCUT2D eigenvalue weighted by atomic mass is 31.2. The molecule has 2 aromatic carbocycles. The quantitative estimate of drug-likeness (QED) is 0.00594. The van der Waals surface area contributed by atoms with Gasteiger partial charge in [0.05, 0.1) is 62.9 Å². The first-order valence-corrected chi connectivity index (χ1v) is 52.8. The number of nitrogens with one attached hydrogen (secondary N) is 6. The predicted octanol–water partition coefficient (Wildman–Crippen LogP) is 12.4. The number of phosphoric ester groups is 1. The van der Waals surface area contributed by atoms with E-state index < -0.39 is 184 Å². The van der Waals surface area contributed by atoms with Crippen LogP contribution >= 0.6 is 25.5 Å². The summed E-state index contributed by atoms with van der Waals surface area (Å²) >= 11 is 0. The van der Waals surface area contributed by atoms with Gasteiger partial charge in [0.1, 0.15) is 70.3 Å². The Bertz CT molecular complexity index is 6240. The van der Waals surface area contributed by atoms with E-state index in [1.165, 1.54) is 48.3 Å². The zero-order chi connectivity index (χ0) is 100. The van der Waals surface area contributed by atoms with Crippen LogP contribution in [0.3, 0.4) is 0 Å². The fourth-order valence-corrected chi connectivity index (χ4v) is 19.6. The number of carboxylic acid groups (broad SMARTS) is 2. The Morgan fingerprint density at radius 2 is 0.978 bits per heavy atom. The van der Waals surface area contributed by atoms with Crippen molar-refractivity contribution >= 4 is 154 Å². The van der Waals surface area contributed by atoms with Crippen molar-refractivity contribution < 1.29 is 108 Å². The number of aromatic amines is 2. The predicted molar refractivity (Wildman–Crippen MR) is 506 cm³/mol. The van der Waals surface area contributed by atoms with E-state index in [1.807, 2.05) is 87.6 Å². The largest absolute Gasteiger partial charge is 0.506 e. The normalized spacial score (nSPS) is 22.5. The van der Waals surface area contributed by atoms with Crippen LogP contribution in [0.5, 0.6) is 0 Å². The number of carbonyl (C=O) groups is 6. The second-order valence-electron chi connectivity index (χ2n) is 35.5. The van der Waals surface area contributed by atoms with E-state index in [2.05, 4.69) is 99.9 Å². The number of fused-ring (bicyclic) bond motifs is 4. The van der Waals surface area contributed by atoms with Crippen molar-refractivity contribution in [3.8, 4) is 0 Å². The smallest absolute Gasteiger partial charge is 0.450 e. The van der Waals surface area contributed by atoms with Crippen molar-refractivity contribution in [2.75, 3.05) is 60.8 Å². The van der Waals surface area contributed by atoms with Crippen LogP contribution in [0.4, 0.5) is 33.1 Å². The van der Waals surface area contributed by atoms with Crippen LogP contribution in [0.2, 0.25) is 36.3 Å². The Balaban J connectivity index is 0.000000241. The topological polar surface area (TPSA) is 560 Å². The molecule has 733 valence electrons. The van der Waals surface area contributed by atoms with Gasteiger partial charge in [0.25, 0.3) is 22.9 Å². The first-order valence-electron chi connectivity index (χ1n) is 44.4. The lowest BCUT2D eigenvalue weighted by atomic mass is 10.1. The molecular formula is C84H111BN22O25P3Si2. The Morgan fingerprint density at radius 1 is 0.569 bits per heavy atom. The number of anilines is 4. The van der Waals surface area contributed by atoms with Crippen LogP contribution in [0.25, 0.3) is 54.3 Å². The third kappa shape index (κ3) is 24.7. The summed E-state index contributed by atoms with van der Waals surface area (Å²) in [5, 5.41) is 30.2. The van der Waals surface area contributed by atoms with E-state index >= 15 is 0 Å². The minimum atomic E-state index is -4.64. The van der Waals surface area contributed by atoms with Gasteiger partial charge in [-0.25, -0.2) is 67.2 Å². The number of hydrogen-bond donors (Lipinski definition) is 8. The molecule has 17 atom stereocenters. The van der Waals surface area contributed by atoms with Gasteiger partial charge in [-0.1, -0.05) is 119 Å². The number of phosphoric acid groups is 1. The second-order valence-corrected chi connectivity index (χ2v) is 47.8. The fraction of sp³-hybridized carbons (Fsp3) is 0.524. The number of imidazole rings is 4. The molecule has 12 heterocycles. The Hall–Kier alpha value is -11.3. The first kappa shape index (κ1) is 103. The lowest BCUT2D eigenvalue weighted by molar-refractivity contribution is -0.119. The lowest BCUT2D eigenvalue weighted by Crippen LogP contribution is -2.50. The first-order chi connectivity index (χ1) is 65.5. The van der Waals surface area contributed by atoms with Crippen LogP contribution < -0.4 is 32.4 Å². The van der Waals surface area contributed by atoms with Crippen molar-refractivity contribution in [2.45, 2.75) is 231 Å². The van der Waals surface area contributed by atoms with Gasteiger partial charge in [0.15, 0.2) is 97.6 Å². The van der Waals surface area contributed by atoms with E-state index in [0.29, 0.717) is 52.7 Å². The third-order valence-corrected chi connectivity index (χ3v) is 35.2. The molecule has 8 aromatic heterocycles. The van der Waals surface area contributed by atoms with E-state index in [-0.39, 0.29) is 96.1 Å². The molecule has 4 saturated heterocycles. The van der Waals surface area contributed by atoms with E-state index in [0.717, 1.165) is 0 Å². The molecule has 4 aliphatic rings. The van der Waals surface area contributed by atoms with Crippen molar-refractivity contribution in [2.24, 2.45) is 11.8 Å². The molecule has 4 aliphatic heterocycles. The lowest BCUT2D eigenvalue weighted by Gasteiger charge is -2.40. The van der Waals surface area contributed by atoms with Crippen molar-refractivity contribution in [3.63, 3.8) is 0 Å². The van der Waals surface area contributed by atoms with Crippen molar-refractivity contribution in [1.82, 2.24) is 78.1 Å². The fourth-order valence-electron chi connectivity index (χ4n) is 14.5. The Labute approximate surface area is 794 Å². The Kier molecular flexibility index (Phi) is 34.0. The summed E-state index contributed by atoms with van der Waals surface area (Å²) < 4.78 is 115. The monoisotopic (exact) mass is 1990 g/mol. The summed E-state index contributed by atoms with van der Waals surface area (Å²) in [6.45, 7) is 43.7. The Morgan fingerprint density at radius 3 is 1.39 bits per heavy atom. The molecule has 4 fully saturated rings. The molecule has 47 nitrogen and oxygen atoms in total. The van der Waals surface area contributed by atoms with Gasteiger partial charge >= 0.3 is 28.7 Å². The van der Waals surface area contributed by atoms with Gasteiger partial charge in [0.2, 0.25) is 36.8 Å².